The highest BCUT2D eigenvalue weighted by Crippen LogP contribution is 2.35. The Kier molecular flexibility index (Phi) is 3.66. The Morgan fingerprint density at radius 1 is 1.41 bits per heavy atom. The topological polar surface area (TPSA) is 36.7 Å². The number of pyridine rings is 1. The SMILES string of the molecule is Cc1cc(C(F)F)c(C(F)(F)F)nc1CC#N. The van der Waals surface area contributed by atoms with Crippen molar-refractivity contribution < 1.29 is 22.0 Å². The maximum atomic E-state index is 12.5. The van der Waals surface area contributed by atoms with Crippen LogP contribution in [0.15, 0.2) is 6.07 Å². The molecule has 0 saturated carbocycles. The fourth-order valence-electron chi connectivity index (χ4n) is 1.32. The lowest BCUT2D eigenvalue weighted by atomic mass is 10.1. The zero-order valence-electron chi connectivity index (χ0n) is 8.65. The molecule has 0 aliphatic rings. The van der Waals surface area contributed by atoms with Crippen LogP contribution in [0.3, 0.4) is 0 Å². The molecule has 1 heterocycles. The summed E-state index contributed by atoms with van der Waals surface area (Å²) >= 11 is 0. The van der Waals surface area contributed by atoms with E-state index in [0.29, 0.717) is 0 Å². The third-order valence-corrected chi connectivity index (χ3v) is 2.10. The summed E-state index contributed by atoms with van der Waals surface area (Å²) in [4.78, 5) is 3.13. The molecule has 0 N–H and O–H groups in total. The highest BCUT2D eigenvalue weighted by Gasteiger charge is 2.38. The number of hydrogen-bond acceptors (Lipinski definition) is 2. The predicted molar refractivity (Wildman–Crippen MR) is 48.3 cm³/mol. The number of alkyl halides is 5. The molecule has 0 bridgehead atoms. The maximum Gasteiger partial charge on any atom is 0.433 e. The molecule has 0 unspecified atom stereocenters. The van der Waals surface area contributed by atoms with E-state index in [4.69, 9.17) is 5.26 Å². The van der Waals surface area contributed by atoms with Crippen LogP contribution in [0.1, 0.15) is 28.9 Å². The van der Waals surface area contributed by atoms with Gasteiger partial charge in [-0.15, -0.1) is 0 Å². The van der Waals surface area contributed by atoms with Crippen LogP contribution < -0.4 is 0 Å². The second-order valence-corrected chi connectivity index (χ2v) is 3.32. The number of aromatic nitrogens is 1. The number of halogens is 5. The summed E-state index contributed by atoms with van der Waals surface area (Å²) < 4.78 is 62.3. The number of nitriles is 1. The quantitative estimate of drug-likeness (QED) is 0.754. The van der Waals surface area contributed by atoms with E-state index in [-0.39, 0.29) is 17.7 Å². The Morgan fingerprint density at radius 3 is 2.41 bits per heavy atom. The molecule has 0 aromatic carbocycles. The van der Waals surface area contributed by atoms with Gasteiger partial charge in [0.25, 0.3) is 6.43 Å². The van der Waals surface area contributed by atoms with Gasteiger partial charge in [0.2, 0.25) is 0 Å². The van der Waals surface area contributed by atoms with Crippen molar-refractivity contribution in [3.8, 4) is 6.07 Å². The fraction of sp³-hybridized carbons (Fsp3) is 0.400. The van der Waals surface area contributed by atoms with Gasteiger partial charge < -0.3 is 0 Å². The maximum absolute atomic E-state index is 12.5. The van der Waals surface area contributed by atoms with Crippen LogP contribution in [-0.4, -0.2) is 4.98 Å². The van der Waals surface area contributed by atoms with Crippen molar-refractivity contribution in [2.45, 2.75) is 25.9 Å². The lowest BCUT2D eigenvalue weighted by Gasteiger charge is -2.14. The number of rotatable bonds is 2. The van der Waals surface area contributed by atoms with Crippen molar-refractivity contribution in [1.82, 2.24) is 4.98 Å². The summed E-state index contributed by atoms with van der Waals surface area (Å²) in [6, 6.07) is 2.36. The molecule has 0 saturated heterocycles. The number of hydrogen-bond donors (Lipinski definition) is 0. The first kappa shape index (κ1) is 13.4. The fourth-order valence-corrected chi connectivity index (χ4v) is 1.32. The van der Waals surface area contributed by atoms with E-state index in [9.17, 15) is 22.0 Å². The van der Waals surface area contributed by atoms with E-state index in [2.05, 4.69) is 4.98 Å². The third kappa shape index (κ3) is 2.90. The molecule has 2 nitrogen and oxygen atoms in total. The van der Waals surface area contributed by atoms with Gasteiger partial charge in [0, 0.05) is 5.56 Å². The van der Waals surface area contributed by atoms with E-state index in [1.54, 1.807) is 6.07 Å². The van der Waals surface area contributed by atoms with Crippen LogP contribution in [0, 0.1) is 18.3 Å². The lowest BCUT2D eigenvalue weighted by molar-refractivity contribution is -0.143. The minimum absolute atomic E-state index is 0.135. The largest absolute Gasteiger partial charge is 0.433 e. The Balaban J connectivity index is 3.44. The van der Waals surface area contributed by atoms with E-state index in [0.717, 1.165) is 6.07 Å². The summed E-state index contributed by atoms with van der Waals surface area (Å²) in [7, 11) is 0. The van der Waals surface area contributed by atoms with Gasteiger partial charge in [-0.3, -0.25) is 0 Å². The average molecular weight is 250 g/mol. The molecule has 92 valence electrons. The first-order valence-electron chi connectivity index (χ1n) is 4.50. The Bertz CT molecular complexity index is 459. The summed E-state index contributed by atoms with van der Waals surface area (Å²) in [6.45, 7) is 1.34. The molecule has 0 aliphatic carbocycles. The van der Waals surface area contributed by atoms with Crippen LogP contribution in [0.2, 0.25) is 0 Å². The van der Waals surface area contributed by atoms with Crippen LogP contribution in [0.25, 0.3) is 0 Å². The highest BCUT2D eigenvalue weighted by atomic mass is 19.4. The second-order valence-electron chi connectivity index (χ2n) is 3.32. The predicted octanol–water partition coefficient (Wildman–Crippen LogP) is 3.41. The molecule has 7 heteroatoms. The van der Waals surface area contributed by atoms with Crippen molar-refractivity contribution in [3.63, 3.8) is 0 Å². The molecule has 0 radical (unpaired) electrons. The second kappa shape index (κ2) is 4.65. The molecule has 0 spiro atoms. The first-order chi connectivity index (χ1) is 7.77. The summed E-state index contributed by atoms with van der Waals surface area (Å²) in [5.41, 5.74) is -2.76. The van der Waals surface area contributed by atoms with E-state index >= 15 is 0 Å². The van der Waals surface area contributed by atoms with Gasteiger partial charge in [-0.2, -0.15) is 18.4 Å². The van der Waals surface area contributed by atoms with Crippen LogP contribution in [0.5, 0.6) is 0 Å². The molecular weight excluding hydrogens is 243 g/mol. The third-order valence-electron chi connectivity index (χ3n) is 2.10. The molecule has 1 aromatic rings. The van der Waals surface area contributed by atoms with Crippen molar-refractivity contribution >= 4 is 0 Å². The molecule has 1 rings (SSSR count). The lowest BCUT2D eigenvalue weighted by Crippen LogP contribution is -2.15. The Hall–Kier alpha value is -1.71. The minimum Gasteiger partial charge on any atom is -0.246 e. The van der Waals surface area contributed by atoms with E-state index in [1.165, 1.54) is 6.92 Å². The van der Waals surface area contributed by atoms with Crippen molar-refractivity contribution in [1.29, 1.82) is 5.26 Å². The smallest absolute Gasteiger partial charge is 0.246 e. The van der Waals surface area contributed by atoms with Gasteiger partial charge in [0.1, 0.15) is 0 Å². The van der Waals surface area contributed by atoms with Gasteiger partial charge >= 0.3 is 6.18 Å². The molecule has 0 fully saturated rings. The standard InChI is InChI=1S/C10H7F5N2/c1-5-4-6(9(11)12)8(10(13,14)15)17-7(5)2-3-16/h4,9H,2H2,1H3. The molecule has 1 aromatic heterocycles. The van der Waals surface area contributed by atoms with Crippen LogP contribution in [-0.2, 0) is 12.6 Å². The van der Waals surface area contributed by atoms with E-state index < -0.39 is 23.9 Å². The van der Waals surface area contributed by atoms with Gasteiger partial charge in [-0.25, -0.2) is 13.8 Å². The normalized spacial score (nSPS) is 11.6. The molecule has 0 aliphatic heterocycles. The Labute approximate surface area is 93.7 Å². The first-order valence-corrected chi connectivity index (χ1v) is 4.50. The minimum atomic E-state index is -4.95. The molecule has 0 atom stereocenters. The summed E-state index contributed by atoms with van der Waals surface area (Å²) in [5, 5.41) is 8.40. The van der Waals surface area contributed by atoms with Gasteiger partial charge in [-0.05, 0) is 18.6 Å². The van der Waals surface area contributed by atoms with Gasteiger partial charge in [0.15, 0.2) is 5.69 Å². The molecular formula is C10H7F5N2. The summed E-state index contributed by atoms with van der Waals surface area (Å²) in [6.07, 6.45) is -8.56. The monoisotopic (exact) mass is 250 g/mol. The molecule has 17 heavy (non-hydrogen) atoms. The number of aryl methyl sites for hydroxylation is 1. The van der Waals surface area contributed by atoms with Crippen molar-refractivity contribution in [3.05, 3.63) is 28.6 Å². The van der Waals surface area contributed by atoms with E-state index in [1.807, 2.05) is 0 Å². The highest BCUT2D eigenvalue weighted by molar-refractivity contribution is 5.33. The summed E-state index contributed by atoms with van der Waals surface area (Å²) in [5.74, 6) is 0. The van der Waals surface area contributed by atoms with Crippen LogP contribution in [0.4, 0.5) is 22.0 Å². The van der Waals surface area contributed by atoms with Gasteiger partial charge in [-0.1, -0.05) is 0 Å². The average Bonchev–Trinajstić information content (AvgIpc) is 2.18. The molecule has 0 amide bonds. The number of nitrogens with zero attached hydrogens (tertiary/aromatic N) is 2. The van der Waals surface area contributed by atoms with Gasteiger partial charge in [0.05, 0.1) is 18.2 Å². The zero-order valence-corrected chi connectivity index (χ0v) is 8.65. The van der Waals surface area contributed by atoms with Crippen LogP contribution >= 0.6 is 0 Å². The van der Waals surface area contributed by atoms with Crippen molar-refractivity contribution in [2.24, 2.45) is 0 Å². The van der Waals surface area contributed by atoms with Crippen molar-refractivity contribution in [2.75, 3.05) is 0 Å². The zero-order chi connectivity index (χ0) is 13.2. The Morgan fingerprint density at radius 2 is 2.00 bits per heavy atom.